The lowest BCUT2D eigenvalue weighted by Crippen LogP contribution is -3.03. The van der Waals surface area contributed by atoms with Gasteiger partial charge in [-0.2, -0.15) is 0 Å². The number of fused-ring (bicyclic) bond motifs is 1. The van der Waals surface area contributed by atoms with Gasteiger partial charge >= 0.3 is 5.97 Å². The monoisotopic (exact) mass is 413 g/mol. The third-order valence-electron chi connectivity index (χ3n) is 4.92. The number of carbonyl (C=O) groups excluding carboxylic acids is 2. The number of hydrogen-bond donors (Lipinski definition) is 2. The SMILES string of the molecule is CCOC(=O)c1c(NC(=O)/C=C/c2ccccc2)sc2c1CC(C)(C)[NH2+]C2(C)C. The molecule has 2 aromatic rings. The lowest BCUT2D eigenvalue weighted by Gasteiger charge is -2.38. The third kappa shape index (κ3) is 4.77. The number of benzene rings is 1. The van der Waals surface area contributed by atoms with Gasteiger partial charge in [0.1, 0.15) is 10.5 Å². The molecule has 0 atom stereocenters. The highest BCUT2D eigenvalue weighted by atomic mass is 32.1. The lowest BCUT2D eigenvalue weighted by molar-refractivity contribution is -0.789. The fourth-order valence-electron chi connectivity index (χ4n) is 4.10. The van der Waals surface area contributed by atoms with E-state index in [4.69, 9.17) is 4.74 Å². The van der Waals surface area contributed by atoms with Crippen molar-refractivity contribution in [2.45, 2.75) is 52.1 Å². The van der Waals surface area contributed by atoms with Crippen LogP contribution in [0, 0.1) is 0 Å². The van der Waals surface area contributed by atoms with Crippen LogP contribution in [0.25, 0.3) is 6.08 Å². The van der Waals surface area contributed by atoms with Gasteiger partial charge in [0, 0.05) is 12.5 Å². The van der Waals surface area contributed by atoms with Crippen LogP contribution in [0.4, 0.5) is 5.00 Å². The Morgan fingerprint density at radius 2 is 1.90 bits per heavy atom. The smallest absolute Gasteiger partial charge is 0.341 e. The highest BCUT2D eigenvalue weighted by molar-refractivity contribution is 7.17. The number of amides is 1. The van der Waals surface area contributed by atoms with Gasteiger partial charge in [-0.25, -0.2) is 4.79 Å². The summed E-state index contributed by atoms with van der Waals surface area (Å²) in [6.45, 7) is 10.7. The lowest BCUT2D eigenvalue weighted by atomic mass is 9.81. The van der Waals surface area contributed by atoms with Gasteiger partial charge in [0.25, 0.3) is 0 Å². The molecule has 5 nitrogen and oxygen atoms in total. The number of nitrogens with one attached hydrogen (secondary N) is 1. The molecule has 0 spiro atoms. The van der Waals surface area contributed by atoms with Crippen LogP contribution < -0.4 is 10.6 Å². The average molecular weight is 414 g/mol. The zero-order chi connectivity index (χ0) is 21.2. The summed E-state index contributed by atoms with van der Waals surface area (Å²) in [5.41, 5.74) is 2.20. The summed E-state index contributed by atoms with van der Waals surface area (Å²) in [6, 6.07) is 9.63. The Morgan fingerprint density at radius 3 is 2.55 bits per heavy atom. The number of hydrogen-bond acceptors (Lipinski definition) is 4. The Morgan fingerprint density at radius 1 is 1.21 bits per heavy atom. The van der Waals surface area contributed by atoms with Crippen LogP contribution in [0.1, 0.15) is 61.0 Å². The second-order valence-corrected chi connectivity index (χ2v) is 9.62. The zero-order valence-electron chi connectivity index (χ0n) is 17.7. The first-order chi connectivity index (χ1) is 13.6. The molecule has 0 unspecified atom stereocenters. The van der Waals surface area contributed by atoms with Gasteiger partial charge in [-0.15, -0.1) is 11.3 Å². The van der Waals surface area contributed by atoms with Crippen LogP contribution in [-0.4, -0.2) is 24.0 Å². The molecule has 1 amide bonds. The van der Waals surface area contributed by atoms with E-state index in [-0.39, 0.29) is 23.0 Å². The van der Waals surface area contributed by atoms with Crippen molar-refractivity contribution in [3.05, 3.63) is 58.0 Å². The summed E-state index contributed by atoms with van der Waals surface area (Å²) in [7, 11) is 0. The van der Waals surface area contributed by atoms with Crippen LogP contribution in [0.2, 0.25) is 0 Å². The minimum absolute atomic E-state index is 0.0483. The largest absolute Gasteiger partial charge is 0.462 e. The minimum Gasteiger partial charge on any atom is -0.462 e. The van der Waals surface area contributed by atoms with E-state index in [1.165, 1.54) is 17.4 Å². The fourth-order valence-corrected chi connectivity index (χ4v) is 5.38. The molecule has 3 N–H and O–H groups in total. The summed E-state index contributed by atoms with van der Waals surface area (Å²) in [4.78, 5) is 26.5. The topological polar surface area (TPSA) is 72.0 Å². The molecule has 0 fully saturated rings. The summed E-state index contributed by atoms with van der Waals surface area (Å²) < 4.78 is 5.33. The Kier molecular flexibility index (Phi) is 5.96. The van der Waals surface area contributed by atoms with Crippen LogP contribution in [-0.2, 0) is 21.5 Å². The summed E-state index contributed by atoms with van der Waals surface area (Å²) in [5, 5.41) is 5.81. The Hall–Kier alpha value is -2.44. The van der Waals surface area contributed by atoms with Crippen molar-refractivity contribution in [2.24, 2.45) is 0 Å². The first kappa shape index (κ1) is 21.3. The number of nitrogens with two attached hydrogens (primary N) is 1. The molecule has 3 rings (SSSR count). The number of anilines is 1. The van der Waals surface area contributed by atoms with Crippen molar-refractivity contribution in [1.29, 1.82) is 0 Å². The van der Waals surface area contributed by atoms with Gasteiger partial charge < -0.3 is 15.4 Å². The van der Waals surface area contributed by atoms with Gasteiger partial charge in [-0.1, -0.05) is 30.3 Å². The van der Waals surface area contributed by atoms with Crippen LogP contribution >= 0.6 is 11.3 Å². The molecular formula is C23H29N2O3S+. The molecular weight excluding hydrogens is 384 g/mol. The fraction of sp³-hybridized carbons (Fsp3) is 0.391. The highest BCUT2D eigenvalue weighted by Gasteiger charge is 2.45. The number of thiophene rings is 1. The predicted molar refractivity (Wildman–Crippen MR) is 117 cm³/mol. The van der Waals surface area contributed by atoms with Crippen LogP contribution in [0.5, 0.6) is 0 Å². The van der Waals surface area contributed by atoms with E-state index in [1.807, 2.05) is 30.3 Å². The molecule has 1 aromatic carbocycles. The predicted octanol–water partition coefficient (Wildman–Crippen LogP) is 3.71. The second kappa shape index (κ2) is 8.13. The van der Waals surface area contributed by atoms with E-state index in [9.17, 15) is 9.59 Å². The maximum Gasteiger partial charge on any atom is 0.341 e. The number of quaternary nitrogens is 1. The molecule has 0 saturated heterocycles. The maximum absolute atomic E-state index is 12.8. The normalized spacial score (nSPS) is 17.0. The minimum atomic E-state index is -0.374. The van der Waals surface area contributed by atoms with E-state index in [1.54, 1.807) is 13.0 Å². The van der Waals surface area contributed by atoms with Crippen molar-refractivity contribution in [1.82, 2.24) is 0 Å². The van der Waals surface area contributed by atoms with Crippen molar-refractivity contribution < 1.29 is 19.6 Å². The quantitative estimate of drug-likeness (QED) is 0.580. The molecule has 1 aliphatic rings. The molecule has 0 saturated carbocycles. The summed E-state index contributed by atoms with van der Waals surface area (Å²) in [6.07, 6.45) is 3.99. The second-order valence-electron chi connectivity index (χ2n) is 8.60. The van der Waals surface area contributed by atoms with Crippen molar-refractivity contribution in [2.75, 3.05) is 11.9 Å². The molecule has 0 bridgehead atoms. The first-order valence-corrected chi connectivity index (χ1v) is 10.7. The van der Waals surface area contributed by atoms with Crippen molar-refractivity contribution in [3.63, 3.8) is 0 Å². The molecule has 0 aliphatic carbocycles. The van der Waals surface area contributed by atoms with Crippen LogP contribution in [0.3, 0.4) is 0 Å². The maximum atomic E-state index is 12.8. The molecule has 1 aromatic heterocycles. The highest BCUT2D eigenvalue weighted by Crippen LogP contribution is 2.42. The first-order valence-electron chi connectivity index (χ1n) is 9.87. The van der Waals surface area contributed by atoms with Gasteiger partial charge in [0.05, 0.1) is 22.6 Å². The summed E-state index contributed by atoms with van der Waals surface area (Å²) >= 11 is 1.48. The third-order valence-corrected chi connectivity index (χ3v) is 6.41. The van der Waals surface area contributed by atoms with Crippen LogP contribution in [0.15, 0.2) is 36.4 Å². The van der Waals surface area contributed by atoms with E-state index in [0.29, 0.717) is 17.2 Å². The summed E-state index contributed by atoms with van der Waals surface area (Å²) in [5.74, 6) is -0.639. The molecule has 2 heterocycles. The van der Waals surface area contributed by atoms with Gasteiger partial charge in [-0.3, -0.25) is 4.79 Å². The zero-order valence-corrected chi connectivity index (χ0v) is 18.5. The van der Waals surface area contributed by atoms with E-state index in [2.05, 4.69) is 38.3 Å². The average Bonchev–Trinajstić information content (AvgIpc) is 2.98. The standard InChI is InChI=1S/C23H28N2O3S/c1-6-28-21(27)18-16-14-22(2,3)25-23(4,5)19(16)29-20(18)24-17(26)13-12-15-10-8-7-9-11-15/h7-13,25H,6,14H2,1-5H3,(H,24,26)/p+1/b13-12+. The molecule has 0 radical (unpaired) electrons. The van der Waals surface area contributed by atoms with E-state index < -0.39 is 0 Å². The Labute approximate surface area is 176 Å². The van der Waals surface area contributed by atoms with E-state index in [0.717, 1.165) is 22.4 Å². The molecule has 154 valence electrons. The molecule has 29 heavy (non-hydrogen) atoms. The number of carbonyl (C=O) groups is 2. The number of ether oxygens (including phenoxy) is 1. The van der Waals surface area contributed by atoms with Gasteiger partial charge in [-0.05, 0) is 51.8 Å². The molecule has 1 aliphatic heterocycles. The number of rotatable bonds is 5. The molecule has 6 heteroatoms. The van der Waals surface area contributed by atoms with Crippen molar-refractivity contribution in [3.8, 4) is 0 Å². The Balaban J connectivity index is 1.96. The number of esters is 1. The van der Waals surface area contributed by atoms with Crippen molar-refractivity contribution >= 4 is 34.3 Å². The van der Waals surface area contributed by atoms with E-state index >= 15 is 0 Å². The van der Waals surface area contributed by atoms with Gasteiger partial charge in [0.15, 0.2) is 0 Å². The Bertz CT molecular complexity index is 943. The van der Waals surface area contributed by atoms with Gasteiger partial charge in [0.2, 0.25) is 5.91 Å².